The number of para-hydroxylation sites is 1. The maximum Gasteiger partial charge on any atom is 0.305 e. The number of nitrogens with one attached hydrogen (secondary N) is 2. The molecular weight excluding hydrogens is 414 g/mol. The summed E-state index contributed by atoms with van der Waals surface area (Å²) in [6.45, 7) is 0.130. The van der Waals surface area contributed by atoms with E-state index in [4.69, 9.17) is 33.0 Å². The lowest BCUT2D eigenvalue weighted by molar-refractivity contribution is 0.0976. The molecule has 0 saturated heterocycles. The zero-order valence-electron chi connectivity index (χ0n) is 14.8. The maximum absolute atomic E-state index is 12.6. The van der Waals surface area contributed by atoms with Gasteiger partial charge >= 0.3 is 5.91 Å². The number of carbonyl (C=O) groups is 1. The molecule has 2 aromatic carbocycles. The summed E-state index contributed by atoms with van der Waals surface area (Å²) in [5.74, 6) is 0.473. The van der Waals surface area contributed by atoms with Crippen molar-refractivity contribution in [2.45, 2.75) is 6.61 Å². The van der Waals surface area contributed by atoms with E-state index < -0.39 is 11.5 Å². The van der Waals surface area contributed by atoms with Gasteiger partial charge in [0, 0.05) is 5.02 Å². The van der Waals surface area contributed by atoms with Gasteiger partial charge < -0.3 is 14.1 Å². The molecule has 0 atom stereocenters. The first-order chi connectivity index (χ1) is 14.0. The van der Waals surface area contributed by atoms with E-state index >= 15 is 0 Å². The van der Waals surface area contributed by atoms with Crippen LogP contribution in [-0.4, -0.2) is 15.6 Å². The highest BCUT2D eigenvalue weighted by molar-refractivity contribution is 7.71. The van der Waals surface area contributed by atoms with Gasteiger partial charge in [-0.2, -0.15) is 4.68 Å². The molecule has 2 aromatic heterocycles. The number of hydrogen-bond acceptors (Lipinski definition) is 5. The van der Waals surface area contributed by atoms with Crippen LogP contribution >= 0.6 is 23.8 Å². The normalized spacial score (nSPS) is 10.8. The zero-order chi connectivity index (χ0) is 20.4. The van der Waals surface area contributed by atoms with Crippen molar-refractivity contribution in [1.29, 1.82) is 0 Å². The standard InChI is InChI=1S/C20H14ClN3O4S/c21-12-5-7-13(8-6-12)27-11-14-9-10-17(28-14)18(25)23-24-19(26)15-3-1-2-4-16(15)22-20(24)29/h1-10H,11H2,(H,22,29)(H,23,25). The van der Waals surface area contributed by atoms with E-state index in [0.29, 0.717) is 27.4 Å². The van der Waals surface area contributed by atoms with E-state index in [0.717, 1.165) is 4.68 Å². The van der Waals surface area contributed by atoms with Crippen molar-refractivity contribution in [3.8, 4) is 5.75 Å². The Kier molecular flexibility index (Phi) is 5.20. The second-order valence-electron chi connectivity index (χ2n) is 6.07. The van der Waals surface area contributed by atoms with Crippen molar-refractivity contribution in [3.05, 3.63) is 92.3 Å². The first-order valence-corrected chi connectivity index (χ1v) is 9.32. The predicted octanol–water partition coefficient (Wildman–Crippen LogP) is 4.27. The fourth-order valence-electron chi connectivity index (χ4n) is 2.68. The monoisotopic (exact) mass is 427 g/mol. The van der Waals surface area contributed by atoms with Crippen LogP contribution in [0.2, 0.25) is 5.02 Å². The summed E-state index contributed by atoms with van der Waals surface area (Å²) in [5.41, 5.74) is 2.62. The largest absolute Gasteiger partial charge is 0.486 e. The molecule has 2 N–H and O–H groups in total. The summed E-state index contributed by atoms with van der Waals surface area (Å²) in [6.07, 6.45) is 0. The van der Waals surface area contributed by atoms with E-state index in [9.17, 15) is 9.59 Å². The number of ether oxygens (including phenoxy) is 1. The molecule has 0 aliphatic heterocycles. The molecular formula is C20H14ClN3O4S. The maximum atomic E-state index is 12.6. The Morgan fingerprint density at radius 2 is 1.90 bits per heavy atom. The third-order valence-electron chi connectivity index (χ3n) is 4.10. The first-order valence-electron chi connectivity index (χ1n) is 8.54. The summed E-state index contributed by atoms with van der Waals surface area (Å²) in [6, 6.07) is 16.9. The second kappa shape index (κ2) is 7.94. The number of amides is 1. The van der Waals surface area contributed by atoms with Gasteiger partial charge in [-0.1, -0.05) is 23.7 Å². The number of nitrogens with zero attached hydrogens (tertiary/aromatic N) is 1. The van der Waals surface area contributed by atoms with Crippen LogP contribution < -0.4 is 15.7 Å². The van der Waals surface area contributed by atoms with Crippen LogP contribution in [0, 0.1) is 4.77 Å². The molecule has 7 nitrogen and oxygen atoms in total. The van der Waals surface area contributed by atoms with Gasteiger partial charge in [-0.05, 0) is 60.7 Å². The zero-order valence-corrected chi connectivity index (χ0v) is 16.4. The van der Waals surface area contributed by atoms with Gasteiger partial charge in [0.2, 0.25) is 0 Å². The first kappa shape index (κ1) is 19.0. The van der Waals surface area contributed by atoms with Crippen molar-refractivity contribution in [2.75, 3.05) is 5.43 Å². The number of aromatic amines is 1. The lowest BCUT2D eigenvalue weighted by Crippen LogP contribution is -2.34. The number of hydrogen-bond donors (Lipinski definition) is 2. The average Bonchev–Trinajstić information content (AvgIpc) is 3.20. The third kappa shape index (κ3) is 4.08. The van der Waals surface area contributed by atoms with E-state index in [1.807, 2.05) is 0 Å². The predicted molar refractivity (Wildman–Crippen MR) is 112 cm³/mol. The molecule has 0 unspecified atom stereocenters. The number of rotatable bonds is 5. The molecule has 0 aliphatic carbocycles. The van der Waals surface area contributed by atoms with E-state index in [2.05, 4.69) is 10.4 Å². The van der Waals surface area contributed by atoms with Crippen LogP contribution in [-0.2, 0) is 6.61 Å². The Morgan fingerprint density at radius 3 is 2.69 bits per heavy atom. The highest BCUT2D eigenvalue weighted by Gasteiger charge is 2.14. The molecule has 0 fully saturated rings. The topological polar surface area (TPSA) is 89.3 Å². The second-order valence-corrected chi connectivity index (χ2v) is 6.89. The Balaban J connectivity index is 1.50. The van der Waals surface area contributed by atoms with E-state index in [1.165, 1.54) is 6.07 Å². The van der Waals surface area contributed by atoms with E-state index in [1.54, 1.807) is 54.6 Å². The Morgan fingerprint density at radius 1 is 1.14 bits per heavy atom. The smallest absolute Gasteiger partial charge is 0.305 e. The van der Waals surface area contributed by atoms with Gasteiger partial charge in [-0.15, -0.1) is 0 Å². The average molecular weight is 428 g/mol. The number of aromatic nitrogens is 2. The molecule has 0 saturated carbocycles. The third-order valence-corrected chi connectivity index (χ3v) is 4.64. The van der Waals surface area contributed by atoms with Gasteiger partial charge in [0.05, 0.1) is 10.9 Å². The number of benzene rings is 2. The molecule has 0 aliphatic rings. The minimum absolute atomic E-state index is 0.0224. The number of halogens is 1. The van der Waals surface area contributed by atoms with Gasteiger partial charge in [0.15, 0.2) is 10.5 Å². The van der Waals surface area contributed by atoms with Crippen LogP contribution in [0.15, 0.2) is 69.9 Å². The Hall–Kier alpha value is -3.36. The lowest BCUT2D eigenvalue weighted by Gasteiger charge is -2.08. The Labute approximate surface area is 174 Å². The molecule has 4 rings (SSSR count). The van der Waals surface area contributed by atoms with Gasteiger partial charge in [-0.3, -0.25) is 15.0 Å². The van der Waals surface area contributed by atoms with Gasteiger partial charge in [0.1, 0.15) is 18.1 Å². The van der Waals surface area contributed by atoms with Crippen molar-refractivity contribution in [1.82, 2.24) is 9.66 Å². The summed E-state index contributed by atoms with van der Waals surface area (Å²) in [4.78, 5) is 28.0. The molecule has 0 bridgehead atoms. The van der Waals surface area contributed by atoms with Gasteiger partial charge in [-0.25, -0.2) is 0 Å². The molecule has 2 heterocycles. The summed E-state index contributed by atoms with van der Waals surface area (Å²) in [7, 11) is 0. The quantitative estimate of drug-likeness (QED) is 0.464. The summed E-state index contributed by atoms with van der Waals surface area (Å²) in [5, 5.41) is 1.01. The summed E-state index contributed by atoms with van der Waals surface area (Å²) < 4.78 is 12.1. The number of H-pyrrole nitrogens is 1. The fraction of sp³-hybridized carbons (Fsp3) is 0.0500. The van der Waals surface area contributed by atoms with Crippen molar-refractivity contribution in [2.24, 2.45) is 0 Å². The van der Waals surface area contributed by atoms with Crippen molar-refractivity contribution >= 4 is 40.6 Å². The number of fused-ring (bicyclic) bond motifs is 1. The Bertz CT molecular complexity index is 1310. The minimum Gasteiger partial charge on any atom is -0.486 e. The molecule has 1 amide bonds. The number of carbonyl (C=O) groups excluding carboxylic acids is 1. The molecule has 0 radical (unpaired) electrons. The molecule has 0 spiro atoms. The highest BCUT2D eigenvalue weighted by Crippen LogP contribution is 2.18. The highest BCUT2D eigenvalue weighted by atomic mass is 35.5. The van der Waals surface area contributed by atoms with Crippen molar-refractivity contribution < 1.29 is 13.9 Å². The van der Waals surface area contributed by atoms with Crippen LogP contribution in [0.3, 0.4) is 0 Å². The van der Waals surface area contributed by atoms with Gasteiger partial charge in [0.25, 0.3) is 5.56 Å². The van der Waals surface area contributed by atoms with Crippen LogP contribution in [0.5, 0.6) is 5.75 Å². The molecule has 146 valence electrons. The SMILES string of the molecule is O=C(Nn1c(=S)[nH]c2ccccc2c1=O)c1ccc(COc2ccc(Cl)cc2)o1. The van der Waals surface area contributed by atoms with Crippen LogP contribution in [0.4, 0.5) is 0 Å². The fourth-order valence-corrected chi connectivity index (χ4v) is 3.05. The van der Waals surface area contributed by atoms with Crippen LogP contribution in [0.25, 0.3) is 10.9 Å². The summed E-state index contributed by atoms with van der Waals surface area (Å²) >= 11 is 11.0. The lowest BCUT2D eigenvalue weighted by atomic mass is 10.2. The molecule has 9 heteroatoms. The minimum atomic E-state index is -0.611. The molecule has 29 heavy (non-hydrogen) atoms. The number of furan rings is 1. The van der Waals surface area contributed by atoms with Crippen LogP contribution in [0.1, 0.15) is 16.3 Å². The van der Waals surface area contributed by atoms with E-state index in [-0.39, 0.29) is 17.1 Å². The van der Waals surface area contributed by atoms with Crippen molar-refractivity contribution in [3.63, 3.8) is 0 Å². The molecule has 4 aromatic rings.